The molecule has 1 heterocycles. The van der Waals surface area contributed by atoms with E-state index in [4.69, 9.17) is 4.74 Å². The predicted octanol–water partition coefficient (Wildman–Crippen LogP) is 2.15. The van der Waals surface area contributed by atoms with Crippen molar-refractivity contribution >= 4 is 6.09 Å². The van der Waals surface area contributed by atoms with Gasteiger partial charge in [-0.3, -0.25) is 4.90 Å². The summed E-state index contributed by atoms with van der Waals surface area (Å²) in [6.45, 7) is 7.13. The fourth-order valence-corrected chi connectivity index (χ4v) is 2.76. The van der Waals surface area contributed by atoms with E-state index in [-0.39, 0.29) is 18.7 Å². The van der Waals surface area contributed by atoms with Gasteiger partial charge >= 0.3 is 6.09 Å². The van der Waals surface area contributed by atoms with Crippen LogP contribution in [-0.4, -0.2) is 46.9 Å². The monoisotopic (exact) mass is 306 g/mol. The molecule has 5 nitrogen and oxygen atoms in total. The van der Waals surface area contributed by atoms with E-state index < -0.39 is 11.7 Å². The van der Waals surface area contributed by atoms with Gasteiger partial charge in [0.05, 0.1) is 6.61 Å². The lowest BCUT2D eigenvalue weighted by Crippen LogP contribution is -2.40. The number of carbonyl (C=O) groups excluding carboxylic acids is 1. The molecule has 0 unspecified atom stereocenters. The van der Waals surface area contributed by atoms with Crippen LogP contribution in [0.15, 0.2) is 30.3 Å². The van der Waals surface area contributed by atoms with Crippen molar-refractivity contribution in [3.8, 4) is 0 Å². The second-order valence-corrected chi connectivity index (χ2v) is 6.83. The van der Waals surface area contributed by atoms with Crippen molar-refractivity contribution in [1.29, 1.82) is 0 Å². The summed E-state index contributed by atoms with van der Waals surface area (Å²) >= 11 is 0. The van der Waals surface area contributed by atoms with Gasteiger partial charge in [0, 0.05) is 25.2 Å². The van der Waals surface area contributed by atoms with Crippen LogP contribution in [0.3, 0.4) is 0 Å². The molecule has 0 aromatic heterocycles. The SMILES string of the molecule is CC(C)(C)OC(=O)N[C@H]1C[C@@H](CO)N(Cc2ccccc2)C1. The number of carbonyl (C=O) groups is 1. The zero-order chi connectivity index (χ0) is 16.2. The molecule has 1 aliphatic rings. The first kappa shape index (κ1) is 16.8. The summed E-state index contributed by atoms with van der Waals surface area (Å²) in [6.07, 6.45) is 0.346. The van der Waals surface area contributed by atoms with Crippen molar-refractivity contribution in [2.24, 2.45) is 0 Å². The molecule has 5 heteroatoms. The van der Waals surface area contributed by atoms with Crippen molar-refractivity contribution in [2.75, 3.05) is 13.2 Å². The number of nitrogens with one attached hydrogen (secondary N) is 1. The summed E-state index contributed by atoms with van der Waals surface area (Å²) in [4.78, 5) is 14.1. The number of aliphatic hydroxyl groups excluding tert-OH is 1. The van der Waals surface area contributed by atoms with E-state index in [9.17, 15) is 9.90 Å². The first-order valence-electron chi connectivity index (χ1n) is 7.76. The zero-order valence-corrected chi connectivity index (χ0v) is 13.6. The standard InChI is InChI=1S/C17H26N2O3/c1-17(2,3)22-16(21)18-14-9-15(12-20)19(11-14)10-13-7-5-4-6-8-13/h4-8,14-15,20H,9-12H2,1-3H3,(H,18,21)/t14-,15-/m0/s1. The number of ether oxygens (including phenoxy) is 1. The zero-order valence-electron chi connectivity index (χ0n) is 13.6. The molecule has 0 radical (unpaired) electrons. The highest BCUT2D eigenvalue weighted by Crippen LogP contribution is 2.21. The van der Waals surface area contributed by atoms with Gasteiger partial charge in [-0.15, -0.1) is 0 Å². The van der Waals surface area contributed by atoms with Gasteiger partial charge in [0.1, 0.15) is 5.60 Å². The maximum atomic E-state index is 11.9. The van der Waals surface area contributed by atoms with E-state index in [0.717, 1.165) is 19.5 Å². The number of amides is 1. The largest absolute Gasteiger partial charge is 0.444 e. The van der Waals surface area contributed by atoms with Gasteiger partial charge in [0.2, 0.25) is 0 Å². The predicted molar refractivity (Wildman–Crippen MR) is 85.5 cm³/mol. The summed E-state index contributed by atoms with van der Waals surface area (Å²) in [6, 6.07) is 10.2. The Balaban J connectivity index is 1.90. The molecule has 2 atom stereocenters. The molecule has 0 spiro atoms. The second kappa shape index (κ2) is 7.11. The van der Waals surface area contributed by atoms with Crippen LogP contribution in [0.25, 0.3) is 0 Å². The smallest absolute Gasteiger partial charge is 0.407 e. The van der Waals surface area contributed by atoms with Gasteiger partial charge in [0.25, 0.3) is 0 Å². The van der Waals surface area contributed by atoms with Crippen molar-refractivity contribution in [2.45, 2.75) is 51.4 Å². The highest BCUT2D eigenvalue weighted by atomic mass is 16.6. The molecule has 2 rings (SSSR count). The normalized spacial score (nSPS) is 22.5. The Bertz CT molecular complexity index is 484. The van der Waals surface area contributed by atoms with E-state index in [2.05, 4.69) is 22.3 Å². The number of aliphatic hydroxyl groups is 1. The summed E-state index contributed by atoms with van der Waals surface area (Å²) in [5, 5.41) is 12.5. The first-order chi connectivity index (χ1) is 10.4. The molecular formula is C17H26N2O3. The van der Waals surface area contributed by atoms with E-state index in [1.165, 1.54) is 5.56 Å². The topological polar surface area (TPSA) is 61.8 Å². The molecule has 1 aromatic rings. The molecule has 1 fully saturated rings. The number of nitrogens with zero attached hydrogens (tertiary/aromatic N) is 1. The van der Waals surface area contributed by atoms with Crippen LogP contribution in [0.1, 0.15) is 32.8 Å². The minimum atomic E-state index is -0.497. The summed E-state index contributed by atoms with van der Waals surface area (Å²) < 4.78 is 5.29. The number of hydrogen-bond donors (Lipinski definition) is 2. The third-order valence-electron chi connectivity index (χ3n) is 3.69. The van der Waals surface area contributed by atoms with Gasteiger partial charge in [-0.1, -0.05) is 30.3 Å². The fourth-order valence-electron chi connectivity index (χ4n) is 2.76. The second-order valence-electron chi connectivity index (χ2n) is 6.83. The number of rotatable bonds is 4. The van der Waals surface area contributed by atoms with E-state index in [0.29, 0.717) is 0 Å². The Morgan fingerprint density at radius 2 is 2.05 bits per heavy atom. The molecule has 1 aromatic carbocycles. The van der Waals surface area contributed by atoms with Crippen LogP contribution in [0.5, 0.6) is 0 Å². The van der Waals surface area contributed by atoms with Gasteiger partial charge in [-0.25, -0.2) is 4.79 Å². The minimum absolute atomic E-state index is 0.00992. The lowest BCUT2D eigenvalue weighted by molar-refractivity contribution is 0.0505. The van der Waals surface area contributed by atoms with Gasteiger partial charge in [-0.2, -0.15) is 0 Å². The van der Waals surface area contributed by atoms with Crippen LogP contribution in [0.2, 0.25) is 0 Å². The van der Waals surface area contributed by atoms with Crippen molar-refractivity contribution in [3.05, 3.63) is 35.9 Å². The third kappa shape index (κ3) is 5.00. The van der Waals surface area contributed by atoms with Gasteiger partial charge < -0.3 is 15.2 Å². The van der Waals surface area contributed by atoms with Crippen LogP contribution >= 0.6 is 0 Å². The van der Waals surface area contributed by atoms with Crippen LogP contribution in [-0.2, 0) is 11.3 Å². The third-order valence-corrected chi connectivity index (χ3v) is 3.69. The average molecular weight is 306 g/mol. The summed E-state index contributed by atoms with van der Waals surface area (Å²) in [7, 11) is 0. The Hall–Kier alpha value is -1.59. The maximum Gasteiger partial charge on any atom is 0.407 e. The van der Waals surface area contributed by atoms with E-state index in [1.54, 1.807) is 0 Å². The fraction of sp³-hybridized carbons (Fsp3) is 0.588. The number of likely N-dealkylation sites (tertiary alicyclic amines) is 1. The minimum Gasteiger partial charge on any atom is -0.444 e. The van der Waals surface area contributed by atoms with Gasteiger partial charge in [0.15, 0.2) is 0 Å². The maximum absolute atomic E-state index is 11.9. The van der Waals surface area contributed by atoms with Crippen molar-refractivity contribution in [1.82, 2.24) is 10.2 Å². The van der Waals surface area contributed by atoms with Gasteiger partial charge in [-0.05, 0) is 32.8 Å². The molecule has 1 aliphatic heterocycles. The van der Waals surface area contributed by atoms with Crippen LogP contribution < -0.4 is 5.32 Å². The molecule has 2 N–H and O–H groups in total. The molecule has 0 saturated carbocycles. The molecule has 1 amide bonds. The van der Waals surface area contributed by atoms with E-state index in [1.807, 2.05) is 39.0 Å². The molecule has 122 valence electrons. The van der Waals surface area contributed by atoms with Crippen LogP contribution in [0, 0.1) is 0 Å². The summed E-state index contributed by atoms with van der Waals surface area (Å²) in [5.74, 6) is 0. The molecule has 0 aliphatic carbocycles. The van der Waals surface area contributed by atoms with Crippen molar-refractivity contribution < 1.29 is 14.6 Å². The lowest BCUT2D eigenvalue weighted by Gasteiger charge is -2.23. The van der Waals surface area contributed by atoms with E-state index >= 15 is 0 Å². The van der Waals surface area contributed by atoms with Crippen molar-refractivity contribution in [3.63, 3.8) is 0 Å². The molecule has 0 bridgehead atoms. The Morgan fingerprint density at radius 3 is 2.64 bits per heavy atom. The Kier molecular flexibility index (Phi) is 5.42. The summed E-state index contributed by atoms with van der Waals surface area (Å²) in [5.41, 5.74) is 0.710. The first-order valence-corrected chi connectivity index (χ1v) is 7.76. The Morgan fingerprint density at radius 1 is 1.36 bits per heavy atom. The highest BCUT2D eigenvalue weighted by molar-refractivity contribution is 5.68. The average Bonchev–Trinajstić information content (AvgIpc) is 2.79. The number of alkyl carbamates (subject to hydrolysis) is 1. The number of benzene rings is 1. The highest BCUT2D eigenvalue weighted by Gasteiger charge is 2.33. The quantitative estimate of drug-likeness (QED) is 0.895. The lowest BCUT2D eigenvalue weighted by atomic mass is 10.1. The molecule has 1 saturated heterocycles. The Labute approximate surface area is 132 Å². The molecule has 22 heavy (non-hydrogen) atoms. The van der Waals surface area contributed by atoms with Crippen LogP contribution in [0.4, 0.5) is 4.79 Å². The number of hydrogen-bond acceptors (Lipinski definition) is 4. The molecular weight excluding hydrogens is 280 g/mol.